The van der Waals surface area contributed by atoms with Crippen molar-refractivity contribution in [3.63, 3.8) is 0 Å². The molecule has 1 nitrogen and oxygen atoms in total. The molecule has 0 heterocycles. The molecular weight excluding hydrogens is 240 g/mol. The van der Waals surface area contributed by atoms with Crippen LogP contribution in [0, 0.1) is 0 Å². The first-order valence-electron chi connectivity index (χ1n) is 4.83. The topological polar surface area (TPSA) is 9.23 Å². The van der Waals surface area contributed by atoms with E-state index >= 15 is 0 Å². The van der Waals surface area contributed by atoms with E-state index in [9.17, 15) is 0 Å². The number of methoxy groups -OCH3 is 1. The third-order valence-electron chi connectivity index (χ3n) is 2.17. The first-order valence-corrected chi connectivity index (χ1v) is 5.62. The third-order valence-corrected chi connectivity index (χ3v) is 2.56. The first-order chi connectivity index (χ1) is 6.51. The average molecular weight is 257 g/mol. The van der Waals surface area contributed by atoms with E-state index in [4.69, 9.17) is 4.74 Å². The minimum absolute atomic E-state index is 0.229. The molecule has 14 heavy (non-hydrogen) atoms. The fourth-order valence-corrected chi connectivity index (χ4v) is 1.43. The van der Waals surface area contributed by atoms with Crippen molar-refractivity contribution >= 4 is 15.9 Å². The largest absolute Gasteiger partial charge is 0.497 e. The summed E-state index contributed by atoms with van der Waals surface area (Å²) in [5.41, 5.74) is 1.36. The van der Waals surface area contributed by atoms with E-state index in [1.807, 2.05) is 12.1 Å². The van der Waals surface area contributed by atoms with Crippen LogP contribution in [0.5, 0.6) is 5.75 Å². The zero-order valence-corrected chi connectivity index (χ0v) is 10.6. The van der Waals surface area contributed by atoms with Crippen LogP contribution in [0.25, 0.3) is 0 Å². The Balaban J connectivity index is 2.52. The number of rotatable bonds is 4. The summed E-state index contributed by atoms with van der Waals surface area (Å²) in [4.78, 5) is 0. The van der Waals surface area contributed by atoms with Gasteiger partial charge in [0, 0.05) is 4.32 Å². The molecule has 0 aliphatic rings. The SMILES string of the molecule is COc1ccc(CCC(C)(C)Br)cc1. The summed E-state index contributed by atoms with van der Waals surface area (Å²) in [5.74, 6) is 0.923. The summed E-state index contributed by atoms with van der Waals surface area (Å²) in [5, 5.41) is 0. The van der Waals surface area contributed by atoms with E-state index in [2.05, 4.69) is 41.9 Å². The highest BCUT2D eigenvalue weighted by atomic mass is 79.9. The molecule has 0 atom stereocenters. The van der Waals surface area contributed by atoms with Crippen LogP contribution in [0.1, 0.15) is 25.8 Å². The van der Waals surface area contributed by atoms with E-state index < -0.39 is 0 Å². The summed E-state index contributed by atoms with van der Waals surface area (Å²) in [6.07, 6.45) is 2.24. The monoisotopic (exact) mass is 256 g/mol. The molecule has 0 saturated heterocycles. The molecule has 0 aromatic heterocycles. The molecule has 1 aromatic carbocycles. The average Bonchev–Trinajstić information content (AvgIpc) is 2.14. The highest BCUT2D eigenvalue weighted by Crippen LogP contribution is 2.23. The van der Waals surface area contributed by atoms with Crippen LogP contribution in [0.2, 0.25) is 0 Å². The van der Waals surface area contributed by atoms with Gasteiger partial charge in [0.2, 0.25) is 0 Å². The normalized spacial score (nSPS) is 11.4. The van der Waals surface area contributed by atoms with Gasteiger partial charge < -0.3 is 4.74 Å². The zero-order valence-electron chi connectivity index (χ0n) is 9.01. The first kappa shape index (κ1) is 11.6. The van der Waals surface area contributed by atoms with Crippen molar-refractivity contribution in [2.75, 3.05) is 7.11 Å². The van der Waals surface area contributed by atoms with Gasteiger partial charge in [-0.05, 0) is 30.5 Å². The van der Waals surface area contributed by atoms with Gasteiger partial charge >= 0.3 is 0 Å². The van der Waals surface area contributed by atoms with Crippen LogP contribution >= 0.6 is 15.9 Å². The summed E-state index contributed by atoms with van der Waals surface area (Å²) in [6.45, 7) is 4.38. The summed E-state index contributed by atoms with van der Waals surface area (Å²) >= 11 is 3.64. The van der Waals surface area contributed by atoms with Crippen LogP contribution in [0.4, 0.5) is 0 Å². The lowest BCUT2D eigenvalue weighted by molar-refractivity contribution is 0.414. The third kappa shape index (κ3) is 4.14. The van der Waals surface area contributed by atoms with Crippen LogP contribution in [-0.2, 0) is 6.42 Å². The Morgan fingerprint density at radius 3 is 2.21 bits per heavy atom. The van der Waals surface area contributed by atoms with Crippen molar-refractivity contribution in [3.8, 4) is 5.75 Å². The molecule has 0 N–H and O–H groups in total. The Bertz CT molecular complexity index is 271. The Morgan fingerprint density at radius 2 is 1.79 bits per heavy atom. The molecule has 0 amide bonds. The van der Waals surface area contributed by atoms with Gasteiger partial charge in [0.25, 0.3) is 0 Å². The Kier molecular flexibility index (Phi) is 3.99. The second-order valence-electron chi connectivity index (χ2n) is 4.07. The van der Waals surface area contributed by atoms with Crippen LogP contribution in [0.15, 0.2) is 24.3 Å². The second-order valence-corrected chi connectivity index (χ2v) is 6.21. The highest BCUT2D eigenvalue weighted by Gasteiger charge is 2.11. The summed E-state index contributed by atoms with van der Waals surface area (Å²) < 4.78 is 5.33. The number of ether oxygens (including phenoxy) is 1. The molecule has 0 saturated carbocycles. The number of halogens is 1. The van der Waals surface area contributed by atoms with E-state index in [0.29, 0.717) is 0 Å². The lowest BCUT2D eigenvalue weighted by Crippen LogP contribution is -2.10. The van der Waals surface area contributed by atoms with Gasteiger partial charge in [-0.15, -0.1) is 0 Å². The fourth-order valence-electron chi connectivity index (χ4n) is 1.23. The van der Waals surface area contributed by atoms with Gasteiger partial charge in [0.05, 0.1) is 7.11 Å². The van der Waals surface area contributed by atoms with Crippen molar-refractivity contribution in [2.45, 2.75) is 31.0 Å². The van der Waals surface area contributed by atoms with Crippen molar-refractivity contribution in [2.24, 2.45) is 0 Å². The van der Waals surface area contributed by atoms with Gasteiger partial charge in [-0.2, -0.15) is 0 Å². The molecule has 0 aliphatic carbocycles. The molecular formula is C12H17BrO. The molecule has 78 valence electrons. The van der Waals surface area contributed by atoms with Crippen LogP contribution in [0.3, 0.4) is 0 Å². The molecule has 2 heteroatoms. The predicted octanol–water partition coefficient (Wildman–Crippen LogP) is 3.80. The van der Waals surface area contributed by atoms with Gasteiger partial charge in [-0.1, -0.05) is 41.9 Å². The number of hydrogen-bond acceptors (Lipinski definition) is 1. The number of alkyl halides is 1. The number of hydrogen-bond donors (Lipinski definition) is 0. The second kappa shape index (κ2) is 4.83. The minimum atomic E-state index is 0.229. The van der Waals surface area contributed by atoms with E-state index in [-0.39, 0.29) is 4.32 Å². The maximum absolute atomic E-state index is 5.11. The van der Waals surface area contributed by atoms with Crippen molar-refractivity contribution in [1.82, 2.24) is 0 Å². The summed E-state index contributed by atoms with van der Waals surface area (Å²) in [6, 6.07) is 8.27. The number of benzene rings is 1. The van der Waals surface area contributed by atoms with Gasteiger partial charge in [0.15, 0.2) is 0 Å². The quantitative estimate of drug-likeness (QED) is 0.745. The Morgan fingerprint density at radius 1 is 1.21 bits per heavy atom. The molecule has 0 fully saturated rings. The maximum atomic E-state index is 5.11. The van der Waals surface area contributed by atoms with Gasteiger partial charge in [0.1, 0.15) is 5.75 Å². The van der Waals surface area contributed by atoms with Gasteiger partial charge in [-0.25, -0.2) is 0 Å². The van der Waals surface area contributed by atoms with Crippen LogP contribution < -0.4 is 4.74 Å². The standard InChI is InChI=1S/C12H17BrO/c1-12(2,13)9-8-10-4-6-11(14-3)7-5-10/h4-7H,8-9H2,1-3H3. The minimum Gasteiger partial charge on any atom is -0.497 e. The molecule has 0 bridgehead atoms. The van der Waals surface area contributed by atoms with Crippen molar-refractivity contribution in [1.29, 1.82) is 0 Å². The highest BCUT2D eigenvalue weighted by molar-refractivity contribution is 9.10. The lowest BCUT2D eigenvalue weighted by Gasteiger charge is -2.15. The number of aryl methyl sites for hydroxylation is 1. The molecule has 0 unspecified atom stereocenters. The predicted molar refractivity (Wildman–Crippen MR) is 64.3 cm³/mol. The van der Waals surface area contributed by atoms with E-state index in [1.54, 1.807) is 7.11 Å². The molecule has 0 spiro atoms. The molecule has 0 aliphatic heterocycles. The molecule has 1 aromatic rings. The van der Waals surface area contributed by atoms with Crippen LogP contribution in [-0.4, -0.2) is 11.4 Å². The van der Waals surface area contributed by atoms with E-state index in [1.165, 1.54) is 5.56 Å². The Labute approximate surface area is 94.6 Å². The fraction of sp³-hybridized carbons (Fsp3) is 0.500. The zero-order chi connectivity index (χ0) is 10.6. The summed E-state index contributed by atoms with van der Waals surface area (Å²) in [7, 11) is 1.69. The molecule has 1 rings (SSSR count). The van der Waals surface area contributed by atoms with Crippen molar-refractivity contribution < 1.29 is 4.74 Å². The molecule has 0 radical (unpaired) electrons. The van der Waals surface area contributed by atoms with Crippen molar-refractivity contribution in [3.05, 3.63) is 29.8 Å². The van der Waals surface area contributed by atoms with Gasteiger partial charge in [-0.3, -0.25) is 0 Å². The lowest BCUT2D eigenvalue weighted by atomic mass is 10.0. The smallest absolute Gasteiger partial charge is 0.118 e. The maximum Gasteiger partial charge on any atom is 0.118 e. The Hall–Kier alpha value is -0.500. The van der Waals surface area contributed by atoms with E-state index in [0.717, 1.165) is 18.6 Å².